The van der Waals surface area contributed by atoms with Gasteiger partial charge in [0.05, 0.1) is 6.42 Å². The standard InChI is InChI=1S/C14H24N2O3/c17-13(18)6-7-15-14(19)16-9-11-8-12(11)10-4-2-1-3-5-10/h10-12H,1-9H2,(H,17,18)(H2,15,16,19)/t11-,12-/m0/s1. The van der Waals surface area contributed by atoms with Crippen LogP contribution in [-0.4, -0.2) is 30.2 Å². The molecule has 0 aliphatic heterocycles. The first-order valence-corrected chi connectivity index (χ1v) is 7.40. The molecule has 2 aliphatic carbocycles. The number of carbonyl (C=O) groups excluding carboxylic acids is 1. The molecule has 0 radical (unpaired) electrons. The van der Waals surface area contributed by atoms with E-state index in [0.717, 1.165) is 18.4 Å². The van der Waals surface area contributed by atoms with Crippen molar-refractivity contribution in [3.8, 4) is 0 Å². The van der Waals surface area contributed by atoms with Gasteiger partial charge in [0.1, 0.15) is 0 Å². The summed E-state index contributed by atoms with van der Waals surface area (Å²) >= 11 is 0. The number of aliphatic carboxylic acids is 1. The molecule has 0 saturated heterocycles. The first-order valence-electron chi connectivity index (χ1n) is 7.40. The van der Waals surface area contributed by atoms with Gasteiger partial charge >= 0.3 is 12.0 Å². The van der Waals surface area contributed by atoms with E-state index in [1.807, 2.05) is 0 Å². The van der Waals surface area contributed by atoms with Crippen molar-refractivity contribution in [1.82, 2.24) is 10.6 Å². The Bertz CT molecular complexity index is 327. The number of rotatable bonds is 6. The molecule has 3 N–H and O–H groups in total. The summed E-state index contributed by atoms with van der Waals surface area (Å²) in [5.74, 6) is 1.46. The quantitative estimate of drug-likeness (QED) is 0.689. The molecule has 5 nitrogen and oxygen atoms in total. The van der Waals surface area contributed by atoms with Gasteiger partial charge in [0, 0.05) is 13.1 Å². The normalized spacial score (nSPS) is 26.7. The topological polar surface area (TPSA) is 78.4 Å². The number of hydrogen-bond acceptors (Lipinski definition) is 2. The zero-order chi connectivity index (χ0) is 13.7. The van der Waals surface area contributed by atoms with Crippen LogP contribution in [0.25, 0.3) is 0 Å². The molecule has 19 heavy (non-hydrogen) atoms. The number of carboxylic acids is 1. The van der Waals surface area contributed by atoms with Crippen LogP contribution >= 0.6 is 0 Å². The van der Waals surface area contributed by atoms with Gasteiger partial charge in [-0.2, -0.15) is 0 Å². The molecule has 0 bridgehead atoms. The lowest BCUT2D eigenvalue weighted by atomic mass is 9.85. The van der Waals surface area contributed by atoms with Crippen LogP contribution in [0.1, 0.15) is 44.9 Å². The van der Waals surface area contributed by atoms with Crippen LogP contribution in [0, 0.1) is 17.8 Å². The summed E-state index contributed by atoms with van der Waals surface area (Å²) in [5, 5.41) is 13.9. The van der Waals surface area contributed by atoms with Gasteiger partial charge in [0.25, 0.3) is 0 Å². The van der Waals surface area contributed by atoms with E-state index >= 15 is 0 Å². The van der Waals surface area contributed by atoms with E-state index in [1.165, 1.54) is 38.5 Å². The minimum Gasteiger partial charge on any atom is -0.481 e. The Morgan fingerprint density at radius 1 is 1.11 bits per heavy atom. The third-order valence-corrected chi connectivity index (χ3v) is 4.38. The van der Waals surface area contributed by atoms with E-state index in [4.69, 9.17) is 5.11 Å². The molecular weight excluding hydrogens is 244 g/mol. The molecule has 0 aromatic heterocycles. The lowest BCUT2D eigenvalue weighted by Crippen LogP contribution is -2.37. The van der Waals surface area contributed by atoms with Crippen molar-refractivity contribution in [3.05, 3.63) is 0 Å². The summed E-state index contributed by atoms with van der Waals surface area (Å²) in [4.78, 5) is 21.7. The lowest BCUT2D eigenvalue weighted by molar-refractivity contribution is -0.136. The highest BCUT2D eigenvalue weighted by Crippen LogP contribution is 2.48. The summed E-state index contributed by atoms with van der Waals surface area (Å²) in [5.41, 5.74) is 0. The molecule has 0 spiro atoms. The maximum absolute atomic E-state index is 11.4. The minimum absolute atomic E-state index is 0.0262. The van der Waals surface area contributed by atoms with Crippen LogP contribution in [0.15, 0.2) is 0 Å². The number of urea groups is 1. The first-order chi connectivity index (χ1) is 9.16. The summed E-state index contributed by atoms with van der Waals surface area (Å²) in [7, 11) is 0. The molecule has 5 heteroatoms. The molecule has 2 atom stereocenters. The molecule has 0 unspecified atom stereocenters. The van der Waals surface area contributed by atoms with Crippen LogP contribution in [0.3, 0.4) is 0 Å². The first kappa shape index (κ1) is 14.2. The molecule has 0 aromatic carbocycles. The van der Waals surface area contributed by atoms with Gasteiger partial charge < -0.3 is 15.7 Å². The molecule has 2 amide bonds. The molecule has 0 aromatic rings. The average molecular weight is 268 g/mol. The Kier molecular flexibility index (Phi) is 5.05. The highest BCUT2D eigenvalue weighted by atomic mass is 16.4. The molecule has 2 rings (SSSR count). The number of nitrogens with one attached hydrogen (secondary N) is 2. The molecule has 2 aliphatic rings. The van der Waals surface area contributed by atoms with Crippen LogP contribution < -0.4 is 10.6 Å². The van der Waals surface area contributed by atoms with Gasteiger partial charge in [-0.3, -0.25) is 4.79 Å². The van der Waals surface area contributed by atoms with E-state index < -0.39 is 5.97 Å². The largest absolute Gasteiger partial charge is 0.481 e. The fraction of sp³-hybridized carbons (Fsp3) is 0.857. The van der Waals surface area contributed by atoms with Crippen molar-refractivity contribution < 1.29 is 14.7 Å². The Balaban J connectivity index is 1.54. The minimum atomic E-state index is -0.889. The second-order valence-corrected chi connectivity index (χ2v) is 5.84. The monoisotopic (exact) mass is 268 g/mol. The molecule has 2 fully saturated rings. The van der Waals surface area contributed by atoms with Gasteiger partial charge in [-0.15, -0.1) is 0 Å². The van der Waals surface area contributed by atoms with E-state index in [9.17, 15) is 9.59 Å². The van der Waals surface area contributed by atoms with Crippen molar-refractivity contribution in [2.24, 2.45) is 17.8 Å². The predicted octanol–water partition coefficient (Wildman–Crippen LogP) is 1.98. The Hall–Kier alpha value is -1.26. The number of carboxylic acid groups (broad SMARTS) is 1. The number of amides is 2. The van der Waals surface area contributed by atoms with Crippen LogP contribution in [-0.2, 0) is 4.79 Å². The van der Waals surface area contributed by atoms with Gasteiger partial charge in [0.15, 0.2) is 0 Å². The zero-order valence-electron chi connectivity index (χ0n) is 11.4. The van der Waals surface area contributed by atoms with E-state index in [1.54, 1.807) is 0 Å². The number of hydrogen-bond donors (Lipinski definition) is 3. The molecule has 0 heterocycles. The zero-order valence-corrected chi connectivity index (χ0v) is 11.4. The average Bonchev–Trinajstić information content (AvgIpc) is 3.16. The Morgan fingerprint density at radius 2 is 1.84 bits per heavy atom. The third kappa shape index (κ3) is 4.73. The van der Waals surface area contributed by atoms with Crippen LogP contribution in [0.4, 0.5) is 4.79 Å². The molecule has 2 saturated carbocycles. The second-order valence-electron chi connectivity index (χ2n) is 5.84. The fourth-order valence-electron chi connectivity index (χ4n) is 3.21. The van der Waals surface area contributed by atoms with E-state index in [0.29, 0.717) is 5.92 Å². The number of carbonyl (C=O) groups is 2. The maximum Gasteiger partial charge on any atom is 0.314 e. The Labute approximate surface area is 114 Å². The van der Waals surface area contributed by atoms with Crippen molar-refractivity contribution >= 4 is 12.0 Å². The predicted molar refractivity (Wildman–Crippen MR) is 71.8 cm³/mol. The smallest absolute Gasteiger partial charge is 0.314 e. The summed E-state index contributed by atoms with van der Waals surface area (Å²) < 4.78 is 0. The third-order valence-electron chi connectivity index (χ3n) is 4.38. The van der Waals surface area contributed by atoms with Gasteiger partial charge in [0.2, 0.25) is 0 Å². The lowest BCUT2D eigenvalue weighted by Gasteiger charge is -2.21. The van der Waals surface area contributed by atoms with E-state index in [2.05, 4.69) is 10.6 Å². The molecular formula is C14H24N2O3. The second kappa shape index (κ2) is 6.78. The SMILES string of the molecule is O=C(O)CCNC(=O)NC[C@@H]1C[C@H]1C1CCCCC1. The van der Waals surface area contributed by atoms with Crippen molar-refractivity contribution in [1.29, 1.82) is 0 Å². The fourth-order valence-corrected chi connectivity index (χ4v) is 3.21. The van der Waals surface area contributed by atoms with Gasteiger partial charge in [-0.05, 0) is 24.2 Å². The summed E-state index contributed by atoms with van der Waals surface area (Å²) in [6.45, 7) is 0.929. The highest BCUT2D eigenvalue weighted by molar-refractivity contribution is 5.74. The molecule has 108 valence electrons. The highest BCUT2D eigenvalue weighted by Gasteiger charge is 2.42. The van der Waals surface area contributed by atoms with Crippen molar-refractivity contribution in [2.45, 2.75) is 44.9 Å². The summed E-state index contributed by atoms with van der Waals surface area (Å²) in [6.07, 6.45) is 8.09. The van der Waals surface area contributed by atoms with Gasteiger partial charge in [-0.25, -0.2) is 4.79 Å². The van der Waals surface area contributed by atoms with E-state index in [-0.39, 0.29) is 19.0 Å². The maximum atomic E-state index is 11.4. The van der Waals surface area contributed by atoms with Crippen molar-refractivity contribution in [2.75, 3.05) is 13.1 Å². The van der Waals surface area contributed by atoms with Crippen LogP contribution in [0.5, 0.6) is 0 Å². The van der Waals surface area contributed by atoms with Gasteiger partial charge in [-0.1, -0.05) is 32.1 Å². The van der Waals surface area contributed by atoms with Crippen LogP contribution in [0.2, 0.25) is 0 Å². The summed E-state index contributed by atoms with van der Waals surface area (Å²) in [6, 6.07) is -0.240. The van der Waals surface area contributed by atoms with Crippen molar-refractivity contribution in [3.63, 3.8) is 0 Å². The Morgan fingerprint density at radius 3 is 2.53 bits per heavy atom.